The topological polar surface area (TPSA) is 237 Å². The number of amides is 3. The zero-order valence-electron chi connectivity index (χ0n) is 16.1. The molecule has 1 rings (SSSR count). The molecule has 0 aliphatic heterocycles. The lowest BCUT2D eigenvalue weighted by atomic mass is 10.1. The largest absolute Gasteiger partial charge is 0.481 e. The number of carbonyl (C=O) groups is 5. The Morgan fingerprint density at radius 1 is 1.03 bits per heavy atom. The van der Waals surface area contributed by atoms with Crippen molar-refractivity contribution in [1.29, 1.82) is 0 Å². The number of rotatable bonds is 13. The van der Waals surface area contributed by atoms with Gasteiger partial charge < -0.3 is 42.0 Å². The second kappa shape index (κ2) is 12.5. The number of thiol groups is 1. The molecule has 1 heterocycles. The lowest BCUT2D eigenvalue weighted by Gasteiger charge is -2.23. The number of hydrogen-bond donors (Lipinski definition) is 9. The van der Waals surface area contributed by atoms with Crippen LogP contribution in [0.2, 0.25) is 0 Å². The zero-order valence-corrected chi connectivity index (χ0v) is 17.0. The van der Waals surface area contributed by atoms with Crippen molar-refractivity contribution in [2.75, 3.05) is 12.4 Å². The number of hydrogen-bond acceptors (Lipinski definition) is 9. The van der Waals surface area contributed by atoms with Gasteiger partial charge in [0.2, 0.25) is 17.7 Å². The molecular formula is C16H24N6O8S. The maximum atomic E-state index is 12.4. The second-order valence-electron chi connectivity index (χ2n) is 6.37. The van der Waals surface area contributed by atoms with E-state index in [-0.39, 0.29) is 12.2 Å². The van der Waals surface area contributed by atoms with Crippen LogP contribution in [0.5, 0.6) is 0 Å². The average Bonchev–Trinajstić information content (AvgIpc) is 3.21. The fraction of sp³-hybridized carbons (Fsp3) is 0.500. The van der Waals surface area contributed by atoms with E-state index in [1.165, 1.54) is 12.5 Å². The Morgan fingerprint density at radius 2 is 1.61 bits per heavy atom. The zero-order chi connectivity index (χ0) is 23.6. The van der Waals surface area contributed by atoms with E-state index in [0.717, 1.165) is 0 Å². The Kier molecular flexibility index (Phi) is 10.4. The third kappa shape index (κ3) is 8.61. The minimum absolute atomic E-state index is 0.121. The van der Waals surface area contributed by atoms with E-state index in [0.29, 0.717) is 5.69 Å². The molecule has 172 valence electrons. The summed E-state index contributed by atoms with van der Waals surface area (Å²) in [4.78, 5) is 65.1. The number of nitrogens with one attached hydrogen (secondary N) is 4. The first-order chi connectivity index (χ1) is 14.6. The Bertz CT molecular complexity index is 789. The van der Waals surface area contributed by atoms with Crippen LogP contribution in [0.1, 0.15) is 12.1 Å². The Balaban J connectivity index is 2.73. The van der Waals surface area contributed by atoms with E-state index < -0.39 is 66.9 Å². The molecule has 0 aromatic carbocycles. The highest BCUT2D eigenvalue weighted by molar-refractivity contribution is 7.80. The number of aliphatic hydroxyl groups is 1. The molecule has 3 amide bonds. The highest BCUT2D eigenvalue weighted by atomic mass is 32.1. The number of nitrogens with two attached hydrogens (primary N) is 1. The van der Waals surface area contributed by atoms with Crippen molar-refractivity contribution >= 4 is 42.3 Å². The molecule has 15 heteroatoms. The number of nitrogens with zero attached hydrogens (tertiary/aromatic N) is 1. The molecule has 1 aromatic rings. The van der Waals surface area contributed by atoms with E-state index in [1.807, 2.05) is 0 Å². The van der Waals surface area contributed by atoms with Gasteiger partial charge in [0.1, 0.15) is 18.1 Å². The van der Waals surface area contributed by atoms with Gasteiger partial charge in [-0.15, -0.1) is 0 Å². The van der Waals surface area contributed by atoms with Crippen molar-refractivity contribution in [3.8, 4) is 0 Å². The third-order valence-electron chi connectivity index (χ3n) is 3.96. The molecule has 14 nitrogen and oxygen atoms in total. The van der Waals surface area contributed by atoms with E-state index in [1.54, 1.807) is 0 Å². The molecule has 4 unspecified atom stereocenters. The predicted octanol–water partition coefficient (Wildman–Crippen LogP) is -3.78. The van der Waals surface area contributed by atoms with Crippen LogP contribution in [-0.2, 0) is 30.4 Å². The first kappa shape index (κ1) is 25.9. The number of carboxylic acid groups (broad SMARTS) is 2. The molecule has 9 N–H and O–H groups in total. The lowest BCUT2D eigenvalue weighted by molar-refractivity contribution is -0.142. The highest BCUT2D eigenvalue weighted by Crippen LogP contribution is 2.01. The van der Waals surface area contributed by atoms with Gasteiger partial charge in [0.15, 0.2) is 0 Å². The number of aromatic nitrogens is 2. The minimum Gasteiger partial charge on any atom is -0.481 e. The summed E-state index contributed by atoms with van der Waals surface area (Å²) in [5.74, 6) is -5.70. The Hall–Kier alpha value is -3.17. The normalized spacial score (nSPS) is 14.5. The molecule has 0 spiro atoms. The van der Waals surface area contributed by atoms with E-state index in [2.05, 4.69) is 38.5 Å². The molecule has 4 atom stereocenters. The molecule has 0 saturated carbocycles. The molecular weight excluding hydrogens is 436 g/mol. The molecule has 0 radical (unpaired) electrons. The van der Waals surface area contributed by atoms with Gasteiger partial charge >= 0.3 is 11.9 Å². The molecule has 0 aliphatic carbocycles. The first-order valence-electron chi connectivity index (χ1n) is 8.89. The van der Waals surface area contributed by atoms with Gasteiger partial charge in [-0.25, -0.2) is 9.78 Å². The molecule has 0 saturated heterocycles. The smallest absolute Gasteiger partial charge is 0.326 e. The van der Waals surface area contributed by atoms with Crippen LogP contribution in [0.25, 0.3) is 0 Å². The molecule has 31 heavy (non-hydrogen) atoms. The number of H-pyrrole nitrogens is 1. The van der Waals surface area contributed by atoms with Gasteiger partial charge in [-0.2, -0.15) is 12.6 Å². The molecule has 0 aliphatic rings. The van der Waals surface area contributed by atoms with Crippen molar-refractivity contribution in [2.45, 2.75) is 37.0 Å². The van der Waals surface area contributed by atoms with E-state index in [4.69, 9.17) is 10.8 Å². The van der Waals surface area contributed by atoms with Gasteiger partial charge in [0, 0.05) is 24.1 Å². The van der Waals surface area contributed by atoms with Crippen LogP contribution in [0, 0.1) is 0 Å². The number of aromatic amines is 1. The van der Waals surface area contributed by atoms with Crippen LogP contribution in [-0.4, -0.2) is 91.5 Å². The summed E-state index contributed by atoms with van der Waals surface area (Å²) in [7, 11) is 0. The molecule has 0 fully saturated rings. The van der Waals surface area contributed by atoms with Crippen LogP contribution < -0.4 is 21.7 Å². The average molecular weight is 460 g/mol. The van der Waals surface area contributed by atoms with E-state index >= 15 is 0 Å². The minimum atomic E-state index is -1.52. The predicted molar refractivity (Wildman–Crippen MR) is 107 cm³/mol. The Morgan fingerprint density at radius 3 is 2.10 bits per heavy atom. The van der Waals surface area contributed by atoms with Crippen molar-refractivity contribution < 1.29 is 39.3 Å². The van der Waals surface area contributed by atoms with Gasteiger partial charge in [0.05, 0.1) is 25.4 Å². The number of carboxylic acids is 2. The number of carbonyl (C=O) groups excluding carboxylic acids is 3. The van der Waals surface area contributed by atoms with Gasteiger partial charge in [-0.05, 0) is 0 Å². The van der Waals surface area contributed by atoms with Crippen molar-refractivity contribution in [3.05, 3.63) is 18.2 Å². The fourth-order valence-electron chi connectivity index (χ4n) is 2.31. The summed E-state index contributed by atoms with van der Waals surface area (Å²) in [6.45, 7) is -0.861. The van der Waals surface area contributed by atoms with Crippen LogP contribution in [0.4, 0.5) is 0 Å². The van der Waals surface area contributed by atoms with E-state index in [9.17, 15) is 34.2 Å². The fourth-order valence-corrected chi connectivity index (χ4v) is 2.57. The summed E-state index contributed by atoms with van der Waals surface area (Å²) in [5.41, 5.74) is 5.86. The number of imidazole rings is 1. The van der Waals surface area contributed by atoms with Crippen LogP contribution in [0.15, 0.2) is 12.5 Å². The quantitative estimate of drug-likeness (QED) is 0.130. The van der Waals surface area contributed by atoms with Gasteiger partial charge in [-0.3, -0.25) is 19.2 Å². The summed E-state index contributed by atoms with van der Waals surface area (Å²) in [6, 6.07) is -5.60. The number of aliphatic hydroxyl groups excluding tert-OH is 1. The molecule has 1 aromatic heterocycles. The summed E-state index contributed by atoms with van der Waals surface area (Å²) < 4.78 is 0. The second-order valence-corrected chi connectivity index (χ2v) is 6.74. The first-order valence-corrected chi connectivity index (χ1v) is 9.52. The summed E-state index contributed by atoms with van der Waals surface area (Å²) >= 11 is 3.92. The maximum absolute atomic E-state index is 12.4. The highest BCUT2D eigenvalue weighted by Gasteiger charge is 2.30. The summed E-state index contributed by atoms with van der Waals surface area (Å²) in [6.07, 6.45) is 1.93. The van der Waals surface area contributed by atoms with Crippen LogP contribution >= 0.6 is 12.6 Å². The van der Waals surface area contributed by atoms with Crippen molar-refractivity contribution in [3.63, 3.8) is 0 Å². The SMILES string of the molecule is NC(CC(=O)O)C(=O)NC(CS)C(=O)NC(CO)C(=O)NC(Cc1cnc[nH]1)C(=O)O. The van der Waals surface area contributed by atoms with Gasteiger partial charge in [-0.1, -0.05) is 0 Å². The Labute approximate surface area is 181 Å². The standard InChI is InChI=1S/C16H24N6O8S/c17-8(2-12(24)25)13(26)22-11(5-31)15(28)21-10(4-23)14(27)20-9(16(29)30)1-7-3-18-6-19-7/h3,6,8-11,23,31H,1-2,4-5,17H2,(H,18,19)(H,20,27)(H,21,28)(H,22,26)(H,24,25)(H,29,30). The third-order valence-corrected chi connectivity index (χ3v) is 4.32. The molecule has 0 bridgehead atoms. The van der Waals surface area contributed by atoms with Crippen molar-refractivity contribution in [2.24, 2.45) is 5.73 Å². The number of aliphatic carboxylic acids is 2. The van der Waals surface area contributed by atoms with Gasteiger partial charge in [0.25, 0.3) is 0 Å². The van der Waals surface area contributed by atoms with Crippen LogP contribution in [0.3, 0.4) is 0 Å². The lowest BCUT2D eigenvalue weighted by Crippen LogP contribution is -2.58. The summed E-state index contributed by atoms with van der Waals surface area (Å²) in [5, 5.41) is 34.0. The maximum Gasteiger partial charge on any atom is 0.326 e. The van der Waals surface area contributed by atoms with Crippen molar-refractivity contribution in [1.82, 2.24) is 25.9 Å². The monoisotopic (exact) mass is 460 g/mol.